The Morgan fingerprint density at radius 3 is 2.70 bits per heavy atom. The molecule has 1 aromatic heterocycles. The summed E-state index contributed by atoms with van der Waals surface area (Å²) < 4.78 is 0. The molecule has 0 radical (unpaired) electrons. The second-order valence-electron chi connectivity index (χ2n) is 5.09. The molecule has 0 fully saturated rings. The van der Waals surface area contributed by atoms with E-state index in [0.717, 1.165) is 18.7 Å². The Hall–Kier alpha value is -1.19. The maximum atomic E-state index is 4.79. The molecule has 1 atom stereocenters. The average molecular weight is 288 g/mol. The lowest BCUT2D eigenvalue weighted by Crippen LogP contribution is -2.30. The van der Waals surface area contributed by atoms with Gasteiger partial charge in [0.05, 0.1) is 10.7 Å². The number of thiazole rings is 1. The maximum absolute atomic E-state index is 4.79. The van der Waals surface area contributed by atoms with Gasteiger partial charge in [0.1, 0.15) is 0 Å². The predicted molar refractivity (Wildman–Crippen MR) is 88.2 cm³/mol. The largest absolute Gasteiger partial charge is 0.314 e. The summed E-state index contributed by atoms with van der Waals surface area (Å²) >= 11 is 1.78. The first-order chi connectivity index (χ1) is 9.83. The molecule has 2 nitrogen and oxygen atoms in total. The molecule has 0 aliphatic carbocycles. The molecule has 2 aromatic rings. The monoisotopic (exact) mass is 288 g/mol. The van der Waals surface area contributed by atoms with Gasteiger partial charge in [0.25, 0.3) is 0 Å². The van der Waals surface area contributed by atoms with E-state index in [4.69, 9.17) is 4.98 Å². The standard InChI is InChI=1S/C17H24N2S/c1-3-5-11-15(18-4-2)12-17-19-16(13-20-17)14-9-7-6-8-10-14/h6-10,13,15,18H,3-5,11-12H2,1-2H3. The molecule has 3 heteroatoms. The SMILES string of the molecule is CCCCC(Cc1nc(-c2ccccc2)cs1)NCC. The smallest absolute Gasteiger partial charge is 0.0948 e. The van der Waals surface area contributed by atoms with Gasteiger partial charge >= 0.3 is 0 Å². The van der Waals surface area contributed by atoms with E-state index in [9.17, 15) is 0 Å². The van der Waals surface area contributed by atoms with E-state index >= 15 is 0 Å². The number of unbranched alkanes of at least 4 members (excludes halogenated alkanes) is 1. The van der Waals surface area contributed by atoms with Crippen molar-refractivity contribution in [2.24, 2.45) is 0 Å². The van der Waals surface area contributed by atoms with E-state index < -0.39 is 0 Å². The highest BCUT2D eigenvalue weighted by Gasteiger charge is 2.11. The summed E-state index contributed by atoms with van der Waals surface area (Å²) in [6, 6.07) is 11.0. The maximum Gasteiger partial charge on any atom is 0.0948 e. The highest BCUT2D eigenvalue weighted by atomic mass is 32.1. The number of nitrogens with zero attached hydrogens (tertiary/aromatic N) is 1. The molecule has 2 rings (SSSR count). The third-order valence-corrected chi connectivity index (χ3v) is 4.31. The zero-order valence-corrected chi connectivity index (χ0v) is 13.2. The predicted octanol–water partition coefficient (Wildman–Crippen LogP) is 4.52. The van der Waals surface area contributed by atoms with Crippen LogP contribution >= 0.6 is 11.3 Å². The third-order valence-electron chi connectivity index (χ3n) is 3.44. The second-order valence-corrected chi connectivity index (χ2v) is 6.04. The lowest BCUT2D eigenvalue weighted by Gasteiger charge is -2.15. The molecule has 20 heavy (non-hydrogen) atoms. The van der Waals surface area contributed by atoms with Crippen LogP contribution in [0, 0.1) is 0 Å². The Labute approximate surface area is 126 Å². The Balaban J connectivity index is 2.00. The molecule has 1 heterocycles. The van der Waals surface area contributed by atoms with Gasteiger partial charge in [-0.3, -0.25) is 0 Å². The summed E-state index contributed by atoms with van der Waals surface area (Å²) in [5.74, 6) is 0. The molecular weight excluding hydrogens is 264 g/mol. The number of aromatic nitrogens is 1. The minimum Gasteiger partial charge on any atom is -0.314 e. The first kappa shape index (κ1) is 15.2. The van der Waals surface area contributed by atoms with Gasteiger partial charge < -0.3 is 5.32 Å². The lowest BCUT2D eigenvalue weighted by atomic mass is 10.1. The van der Waals surface area contributed by atoms with Crippen molar-refractivity contribution in [3.63, 3.8) is 0 Å². The number of benzene rings is 1. The van der Waals surface area contributed by atoms with Crippen LogP contribution in [-0.4, -0.2) is 17.6 Å². The number of rotatable bonds is 8. The van der Waals surface area contributed by atoms with Crippen molar-refractivity contribution < 1.29 is 0 Å². The molecule has 1 unspecified atom stereocenters. The number of nitrogens with one attached hydrogen (secondary N) is 1. The minimum atomic E-state index is 0.565. The summed E-state index contributed by atoms with van der Waals surface area (Å²) in [6.45, 7) is 5.46. The van der Waals surface area contributed by atoms with Crippen LogP contribution in [0.3, 0.4) is 0 Å². The Morgan fingerprint density at radius 1 is 1.20 bits per heavy atom. The number of likely N-dealkylation sites (N-methyl/N-ethyl adjacent to an activating group) is 1. The van der Waals surface area contributed by atoms with E-state index in [2.05, 4.69) is 48.8 Å². The fraction of sp³-hybridized carbons (Fsp3) is 0.471. The van der Waals surface area contributed by atoms with E-state index in [1.54, 1.807) is 11.3 Å². The third kappa shape index (κ3) is 4.43. The molecule has 0 aliphatic rings. The van der Waals surface area contributed by atoms with Crippen LogP contribution in [0.25, 0.3) is 11.3 Å². The molecule has 0 spiro atoms. The fourth-order valence-electron chi connectivity index (χ4n) is 2.37. The van der Waals surface area contributed by atoms with Crippen molar-refractivity contribution in [3.8, 4) is 11.3 Å². The van der Waals surface area contributed by atoms with Gasteiger partial charge in [0.2, 0.25) is 0 Å². The van der Waals surface area contributed by atoms with Gasteiger partial charge in [0.15, 0.2) is 0 Å². The Kier molecular flexibility index (Phi) is 6.22. The lowest BCUT2D eigenvalue weighted by molar-refractivity contribution is 0.473. The van der Waals surface area contributed by atoms with Gasteiger partial charge in [-0.2, -0.15) is 0 Å². The van der Waals surface area contributed by atoms with Crippen molar-refractivity contribution in [2.75, 3.05) is 6.54 Å². The highest BCUT2D eigenvalue weighted by Crippen LogP contribution is 2.22. The van der Waals surface area contributed by atoms with Gasteiger partial charge in [-0.15, -0.1) is 11.3 Å². The molecule has 0 bridgehead atoms. The van der Waals surface area contributed by atoms with Crippen molar-refractivity contribution in [1.29, 1.82) is 0 Å². The quantitative estimate of drug-likeness (QED) is 0.772. The van der Waals surface area contributed by atoms with Gasteiger partial charge in [0, 0.05) is 23.4 Å². The van der Waals surface area contributed by atoms with Crippen LogP contribution in [0.1, 0.15) is 38.1 Å². The minimum absolute atomic E-state index is 0.565. The zero-order valence-electron chi connectivity index (χ0n) is 12.4. The molecule has 108 valence electrons. The summed E-state index contributed by atoms with van der Waals surface area (Å²) in [7, 11) is 0. The second kappa shape index (κ2) is 8.18. The van der Waals surface area contributed by atoms with Crippen LogP contribution < -0.4 is 5.32 Å². The first-order valence-corrected chi connectivity index (χ1v) is 8.44. The Bertz CT molecular complexity index is 493. The van der Waals surface area contributed by atoms with E-state index in [1.807, 2.05) is 6.07 Å². The topological polar surface area (TPSA) is 24.9 Å². The highest BCUT2D eigenvalue weighted by molar-refractivity contribution is 7.09. The fourth-order valence-corrected chi connectivity index (χ4v) is 3.26. The van der Waals surface area contributed by atoms with Gasteiger partial charge in [-0.25, -0.2) is 4.98 Å². The molecule has 0 saturated heterocycles. The molecule has 1 aromatic carbocycles. The number of hydrogen-bond donors (Lipinski definition) is 1. The summed E-state index contributed by atoms with van der Waals surface area (Å²) in [6.07, 6.45) is 4.83. The van der Waals surface area contributed by atoms with E-state index in [-0.39, 0.29) is 0 Å². The zero-order chi connectivity index (χ0) is 14.2. The summed E-state index contributed by atoms with van der Waals surface area (Å²) in [5.41, 5.74) is 2.32. The number of hydrogen-bond acceptors (Lipinski definition) is 3. The first-order valence-electron chi connectivity index (χ1n) is 7.56. The van der Waals surface area contributed by atoms with Crippen LogP contribution in [0.5, 0.6) is 0 Å². The summed E-state index contributed by atoms with van der Waals surface area (Å²) in [5, 5.41) is 7.00. The van der Waals surface area contributed by atoms with E-state index in [1.165, 1.54) is 29.8 Å². The summed E-state index contributed by atoms with van der Waals surface area (Å²) in [4.78, 5) is 4.79. The normalized spacial score (nSPS) is 12.5. The van der Waals surface area contributed by atoms with Crippen molar-refractivity contribution in [3.05, 3.63) is 40.7 Å². The van der Waals surface area contributed by atoms with E-state index in [0.29, 0.717) is 6.04 Å². The van der Waals surface area contributed by atoms with Crippen LogP contribution in [0.2, 0.25) is 0 Å². The molecule has 0 aliphatic heterocycles. The Morgan fingerprint density at radius 2 is 2.00 bits per heavy atom. The van der Waals surface area contributed by atoms with Crippen LogP contribution in [0.15, 0.2) is 35.7 Å². The molecular formula is C17H24N2S. The van der Waals surface area contributed by atoms with Crippen molar-refractivity contribution in [2.45, 2.75) is 45.6 Å². The van der Waals surface area contributed by atoms with Crippen LogP contribution in [-0.2, 0) is 6.42 Å². The van der Waals surface area contributed by atoms with Crippen molar-refractivity contribution in [1.82, 2.24) is 10.3 Å². The molecule has 1 N–H and O–H groups in total. The van der Waals surface area contributed by atoms with Crippen molar-refractivity contribution >= 4 is 11.3 Å². The van der Waals surface area contributed by atoms with Gasteiger partial charge in [-0.1, -0.05) is 57.0 Å². The molecule has 0 amide bonds. The van der Waals surface area contributed by atoms with Crippen LogP contribution in [0.4, 0.5) is 0 Å². The van der Waals surface area contributed by atoms with Gasteiger partial charge in [-0.05, 0) is 13.0 Å². The average Bonchev–Trinajstić information content (AvgIpc) is 2.94. The molecule has 0 saturated carbocycles.